The second-order valence-corrected chi connectivity index (χ2v) is 10.3. The first-order chi connectivity index (χ1) is 20.8. The maximum atomic E-state index is 12.8. The summed E-state index contributed by atoms with van der Waals surface area (Å²) in [6, 6.07) is 15.2. The van der Waals surface area contributed by atoms with Crippen LogP contribution in [0.25, 0.3) is 11.1 Å². The fourth-order valence-electron chi connectivity index (χ4n) is 4.46. The van der Waals surface area contributed by atoms with Crippen molar-refractivity contribution in [3.05, 3.63) is 77.6 Å². The fraction of sp³-hybridized carbons (Fsp3) is 0.323. The molecule has 1 aliphatic carbocycles. The first-order valence-corrected chi connectivity index (χ1v) is 14.2. The van der Waals surface area contributed by atoms with E-state index in [4.69, 9.17) is 30.5 Å². The summed E-state index contributed by atoms with van der Waals surface area (Å²) in [7, 11) is 0. The van der Waals surface area contributed by atoms with Gasteiger partial charge in [-0.3, -0.25) is 14.6 Å². The zero-order chi connectivity index (χ0) is 30.6. The quantitative estimate of drug-likeness (QED) is 0.198. The Kier molecular flexibility index (Phi) is 11.5. The van der Waals surface area contributed by atoms with Crippen molar-refractivity contribution in [2.45, 2.75) is 51.4 Å². The monoisotopic (exact) mass is 609 g/mol. The van der Waals surface area contributed by atoms with Crippen LogP contribution >= 0.6 is 11.6 Å². The van der Waals surface area contributed by atoms with Gasteiger partial charge in [-0.05, 0) is 79.3 Å². The molecule has 3 aromatic rings. The third kappa shape index (κ3) is 10.1. The highest BCUT2D eigenvalue weighted by Crippen LogP contribution is 2.24. The van der Waals surface area contributed by atoms with Crippen LogP contribution in [0.4, 0.5) is 16.2 Å². The van der Waals surface area contributed by atoms with Crippen LogP contribution in [-0.4, -0.2) is 54.5 Å². The normalized spacial score (nSPS) is 13.8. The number of carbonyl (C=O) groups excluding carboxylic acids is 4. The van der Waals surface area contributed by atoms with Gasteiger partial charge in [0.2, 0.25) is 18.1 Å². The number of carbonyl (C=O) groups is 4. The van der Waals surface area contributed by atoms with Gasteiger partial charge in [-0.25, -0.2) is 9.59 Å². The first kappa shape index (κ1) is 31.5. The minimum absolute atomic E-state index is 0.0660. The molecule has 0 radical (unpaired) electrons. The number of nitrogens with zero attached hydrogens (tertiary/aromatic N) is 1. The predicted molar refractivity (Wildman–Crippen MR) is 159 cm³/mol. The number of ether oxygens (including phenoxy) is 4. The Labute approximate surface area is 253 Å². The van der Waals surface area contributed by atoms with Crippen LogP contribution in [-0.2, 0) is 28.5 Å². The Hall–Kier alpha value is -4.48. The summed E-state index contributed by atoms with van der Waals surface area (Å²) < 4.78 is 20.8. The van der Waals surface area contributed by atoms with Gasteiger partial charge in [0.1, 0.15) is 19.3 Å². The van der Waals surface area contributed by atoms with Crippen molar-refractivity contribution in [3.8, 4) is 11.1 Å². The lowest BCUT2D eigenvalue weighted by Gasteiger charge is -2.22. The van der Waals surface area contributed by atoms with Crippen molar-refractivity contribution < 1.29 is 38.1 Å². The van der Waals surface area contributed by atoms with Crippen LogP contribution in [0.2, 0.25) is 5.02 Å². The maximum Gasteiger partial charge on any atom is 0.511 e. The largest absolute Gasteiger partial charge is 0.511 e. The van der Waals surface area contributed by atoms with Crippen molar-refractivity contribution in [1.82, 2.24) is 4.98 Å². The van der Waals surface area contributed by atoms with E-state index in [1.54, 1.807) is 18.5 Å². The van der Waals surface area contributed by atoms with Crippen LogP contribution < -0.4 is 10.6 Å². The van der Waals surface area contributed by atoms with Gasteiger partial charge in [0.05, 0.1) is 11.3 Å². The number of benzene rings is 2. The molecule has 1 aromatic heterocycles. The average Bonchev–Trinajstić information content (AvgIpc) is 2.99. The fourth-order valence-corrected chi connectivity index (χ4v) is 4.63. The molecule has 0 spiro atoms. The Balaban J connectivity index is 1.24. The lowest BCUT2D eigenvalue weighted by molar-refractivity contribution is -0.125. The number of halogens is 1. The van der Waals surface area contributed by atoms with Gasteiger partial charge in [0.15, 0.2) is 0 Å². The first-order valence-electron chi connectivity index (χ1n) is 13.8. The van der Waals surface area contributed by atoms with Crippen LogP contribution in [0.15, 0.2) is 67.0 Å². The third-order valence-electron chi connectivity index (χ3n) is 6.45. The molecule has 2 aromatic carbocycles. The van der Waals surface area contributed by atoms with Crippen molar-refractivity contribution in [1.29, 1.82) is 0 Å². The van der Waals surface area contributed by atoms with Crippen LogP contribution in [0, 0.1) is 0 Å². The smallest absolute Gasteiger partial charge is 0.431 e. The van der Waals surface area contributed by atoms with Crippen molar-refractivity contribution in [3.63, 3.8) is 0 Å². The number of rotatable bonds is 11. The van der Waals surface area contributed by atoms with Gasteiger partial charge in [0.25, 0.3) is 0 Å². The van der Waals surface area contributed by atoms with E-state index in [-0.39, 0.29) is 29.0 Å². The lowest BCUT2D eigenvalue weighted by Crippen LogP contribution is -2.27. The number of nitrogens with one attached hydrogen (secondary N) is 2. The third-order valence-corrected chi connectivity index (χ3v) is 6.69. The summed E-state index contributed by atoms with van der Waals surface area (Å²) in [6.45, 7) is 0.527. The molecule has 2 amide bonds. The minimum Gasteiger partial charge on any atom is -0.431 e. The Morgan fingerprint density at radius 2 is 1.60 bits per heavy atom. The number of hydrogen-bond acceptors (Lipinski definition) is 9. The van der Waals surface area contributed by atoms with Gasteiger partial charge in [-0.1, -0.05) is 30.2 Å². The van der Waals surface area contributed by atoms with E-state index in [1.165, 1.54) is 25.1 Å². The molecule has 226 valence electrons. The van der Waals surface area contributed by atoms with E-state index >= 15 is 0 Å². The van der Waals surface area contributed by atoms with E-state index in [0.29, 0.717) is 5.69 Å². The molecule has 2 N–H and O–H groups in total. The molecule has 1 heterocycles. The zero-order valence-electron chi connectivity index (χ0n) is 23.5. The SMILES string of the molecule is CC(OC(=O)OC1CCCCC1)OC(=O)c1cc(Cl)ccc1NC(=O)COCC(=O)Nc1cccc(-c2ccncc2)c1. The van der Waals surface area contributed by atoms with Gasteiger partial charge in [-0.15, -0.1) is 0 Å². The molecule has 1 unspecified atom stereocenters. The van der Waals surface area contributed by atoms with Crippen molar-refractivity contribution in [2.75, 3.05) is 23.8 Å². The van der Waals surface area contributed by atoms with Crippen LogP contribution in [0.3, 0.4) is 0 Å². The molecule has 1 atom stereocenters. The molecule has 0 bridgehead atoms. The van der Waals surface area contributed by atoms with Gasteiger partial charge < -0.3 is 29.6 Å². The van der Waals surface area contributed by atoms with Gasteiger partial charge in [0, 0.05) is 30.0 Å². The molecular formula is C31H32ClN3O8. The topological polar surface area (TPSA) is 142 Å². The maximum absolute atomic E-state index is 12.8. The summed E-state index contributed by atoms with van der Waals surface area (Å²) in [6.07, 6.45) is 5.57. The molecule has 11 nitrogen and oxygen atoms in total. The highest BCUT2D eigenvalue weighted by Gasteiger charge is 2.23. The van der Waals surface area contributed by atoms with E-state index in [9.17, 15) is 19.2 Å². The number of hydrogen-bond donors (Lipinski definition) is 2. The number of esters is 1. The minimum atomic E-state index is -1.25. The molecule has 0 saturated heterocycles. The number of amides is 2. The van der Waals surface area contributed by atoms with Gasteiger partial charge in [-0.2, -0.15) is 0 Å². The standard InChI is InChI=1S/C31H32ClN3O8/c1-20(42-31(39)43-25-8-3-2-4-9-25)41-30(38)26-17-23(32)10-11-27(26)35-29(37)19-40-18-28(36)34-24-7-5-6-22(16-24)21-12-14-33-15-13-21/h5-7,10-17,20,25H,2-4,8-9,18-19H2,1H3,(H,34,36)(H,35,37). The second kappa shape index (κ2) is 15.7. The molecule has 1 saturated carbocycles. The lowest BCUT2D eigenvalue weighted by atomic mass is 9.98. The summed E-state index contributed by atoms with van der Waals surface area (Å²) in [5.41, 5.74) is 2.44. The average molecular weight is 610 g/mol. The van der Waals surface area contributed by atoms with E-state index < -0.39 is 36.8 Å². The van der Waals surface area contributed by atoms with E-state index in [1.807, 2.05) is 30.3 Å². The Morgan fingerprint density at radius 3 is 2.35 bits per heavy atom. The Morgan fingerprint density at radius 1 is 0.884 bits per heavy atom. The Bertz CT molecular complexity index is 1430. The zero-order valence-corrected chi connectivity index (χ0v) is 24.3. The number of anilines is 2. The highest BCUT2D eigenvalue weighted by molar-refractivity contribution is 6.31. The van der Waals surface area contributed by atoms with E-state index in [0.717, 1.165) is 43.2 Å². The van der Waals surface area contributed by atoms with Crippen molar-refractivity contribution >= 4 is 46.9 Å². The number of aromatic nitrogens is 1. The van der Waals surface area contributed by atoms with E-state index in [2.05, 4.69) is 15.6 Å². The number of pyridine rings is 1. The molecule has 1 fully saturated rings. The summed E-state index contributed by atoms with van der Waals surface area (Å²) in [5, 5.41) is 5.49. The molecule has 12 heteroatoms. The van der Waals surface area contributed by atoms with Crippen LogP contribution in [0.5, 0.6) is 0 Å². The molecule has 4 rings (SSSR count). The highest BCUT2D eigenvalue weighted by atomic mass is 35.5. The molecule has 43 heavy (non-hydrogen) atoms. The van der Waals surface area contributed by atoms with Crippen LogP contribution in [0.1, 0.15) is 49.4 Å². The molecule has 1 aliphatic rings. The molecular weight excluding hydrogens is 578 g/mol. The second-order valence-electron chi connectivity index (χ2n) is 9.81. The summed E-state index contributed by atoms with van der Waals surface area (Å²) >= 11 is 6.06. The van der Waals surface area contributed by atoms with Gasteiger partial charge >= 0.3 is 12.1 Å². The molecule has 0 aliphatic heterocycles. The summed E-state index contributed by atoms with van der Waals surface area (Å²) in [5.74, 6) is -1.96. The summed E-state index contributed by atoms with van der Waals surface area (Å²) in [4.78, 5) is 53.8. The van der Waals surface area contributed by atoms with Crippen molar-refractivity contribution in [2.24, 2.45) is 0 Å². The predicted octanol–water partition coefficient (Wildman–Crippen LogP) is 5.98.